The molecule has 0 fully saturated rings. The smallest absolute Gasteiger partial charge is 0.128 e. The Hall–Kier alpha value is -4.36. The number of hydrogen-bond acceptors (Lipinski definition) is 1. The predicted molar refractivity (Wildman–Crippen MR) is 139 cm³/mol. The van der Waals surface area contributed by atoms with E-state index in [0.717, 1.165) is 11.5 Å². The summed E-state index contributed by atoms with van der Waals surface area (Å²) >= 11 is 0. The van der Waals surface area contributed by atoms with E-state index < -0.39 is 0 Å². The second-order valence-electron chi connectivity index (χ2n) is 8.15. The van der Waals surface area contributed by atoms with E-state index in [0.29, 0.717) is 0 Å². The zero-order valence-electron chi connectivity index (χ0n) is 18.1. The molecule has 0 aliphatic rings. The van der Waals surface area contributed by atoms with E-state index in [1.54, 1.807) is 0 Å². The highest BCUT2D eigenvalue weighted by atomic mass is 16.5. The number of para-hydroxylation sites is 1. The first kappa shape index (κ1) is 19.3. The molecule has 1 heteroatoms. The van der Waals surface area contributed by atoms with Gasteiger partial charge in [-0.25, -0.2) is 0 Å². The fraction of sp³-hybridized carbons (Fsp3) is 0. The lowest BCUT2D eigenvalue weighted by molar-refractivity contribution is 0.483. The van der Waals surface area contributed by atoms with Crippen LogP contribution in [0.1, 0.15) is 0 Å². The summed E-state index contributed by atoms with van der Waals surface area (Å²) in [4.78, 5) is 0. The van der Waals surface area contributed by atoms with Gasteiger partial charge in [-0.15, -0.1) is 0 Å². The molecule has 33 heavy (non-hydrogen) atoms. The van der Waals surface area contributed by atoms with Gasteiger partial charge < -0.3 is 4.74 Å². The lowest BCUT2D eigenvalue weighted by Crippen LogP contribution is -1.92. The van der Waals surface area contributed by atoms with E-state index >= 15 is 0 Å². The molecule has 0 amide bonds. The summed E-state index contributed by atoms with van der Waals surface area (Å²) in [6.45, 7) is 0. The zero-order valence-corrected chi connectivity index (χ0v) is 18.1. The third kappa shape index (κ3) is 3.54. The third-order valence-corrected chi connectivity index (χ3v) is 6.10. The molecular weight excluding hydrogens is 400 g/mol. The predicted octanol–water partition coefficient (Wildman–Crippen LogP) is 9.12. The summed E-state index contributed by atoms with van der Waals surface area (Å²) in [6.07, 6.45) is 0. The molecule has 6 aromatic carbocycles. The highest BCUT2D eigenvalue weighted by molar-refractivity contribution is 6.21. The molecule has 0 heterocycles. The molecule has 1 nitrogen and oxygen atoms in total. The van der Waals surface area contributed by atoms with E-state index in [4.69, 9.17) is 4.74 Å². The van der Waals surface area contributed by atoms with Crippen molar-refractivity contribution in [3.05, 3.63) is 133 Å². The lowest BCUT2D eigenvalue weighted by atomic mass is 9.86. The highest BCUT2D eigenvalue weighted by Crippen LogP contribution is 2.44. The Morgan fingerprint density at radius 1 is 0.333 bits per heavy atom. The third-order valence-electron chi connectivity index (χ3n) is 6.10. The molecule has 0 aromatic heterocycles. The number of fused-ring (bicyclic) bond motifs is 2. The highest BCUT2D eigenvalue weighted by Gasteiger charge is 2.17. The quantitative estimate of drug-likeness (QED) is 0.257. The van der Waals surface area contributed by atoms with Gasteiger partial charge in [-0.05, 0) is 68.1 Å². The minimum absolute atomic E-state index is 0.833. The molecule has 0 aliphatic heterocycles. The standard InChI is InChI=1S/C32H22O/c1-4-12-23(13-5-1)31-27-18-10-11-19-28(27)32(24-14-6-2-7-15-24)30-22-26(20-21-29(30)31)33-25-16-8-3-9-17-25/h1-22H. The number of ether oxygens (including phenoxy) is 1. The van der Waals surface area contributed by atoms with Crippen LogP contribution in [-0.4, -0.2) is 0 Å². The maximum Gasteiger partial charge on any atom is 0.128 e. The summed E-state index contributed by atoms with van der Waals surface area (Å²) in [5.41, 5.74) is 4.91. The van der Waals surface area contributed by atoms with Gasteiger partial charge in [-0.1, -0.05) is 109 Å². The van der Waals surface area contributed by atoms with Gasteiger partial charge in [-0.3, -0.25) is 0 Å². The van der Waals surface area contributed by atoms with Crippen molar-refractivity contribution in [2.24, 2.45) is 0 Å². The first-order valence-electron chi connectivity index (χ1n) is 11.2. The van der Waals surface area contributed by atoms with Gasteiger partial charge in [0.1, 0.15) is 11.5 Å². The first-order chi connectivity index (χ1) is 16.4. The average molecular weight is 423 g/mol. The van der Waals surface area contributed by atoms with E-state index in [-0.39, 0.29) is 0 Å². The van der Waals surface area contributed by atoms with Crippen molar-refractivity contribution in [2.45, 2.75) is 0 Å². The van der Waals surface area contributed by atoms with Gasteiger partial charge in [0.05, 0.1) is 0 Å². The zero-order chi connectivity index (χ0) is 22.0. The van der Waals surface area contributed by atoms with Crippen LogP contribution in [-0.2, 0) is 0 Å². The van der Waals surface area contributed by atoms with Crippen LogP contribution in [0.3, 0.4) is 0 Å². The van der Waals surface area contributed by atoms with Crippen molar-refractivity contribution in [1.29, 1.82) is 0 Å². The average Bonchev–Trinajstić information content (AvgIpc) is 2.89. The van der Waals surface area contributed by atoms with E-state index in [9.17, 15) is 0 Å². The molecule has 6 rings (SSSR count). The molecule has 0 radical (unpaired) electrons. The largest absolute Gasteiger partial charge is 0.457 e. The summed E-state index contributed by atoms with van der Waals surface area (Å²) in [6, 6.07) is 46.4. The number of hydrogen-bond donors (Lipinski definition) is 0. The lowest BCUT2D eigenvalue weighted by Gasteiger charge is -2.18. The molecule has 6 aromatic rings. The molecule has 0 unspecified atom stereocenters. The van der Waals surface area contributed by atoms with Crippen LogP contribution in [0.4, 0.5) is 0 Å². The molecule has 0 N–H and O–H groups in total. The van der Waals surface area contributed by atoms with Crippen molar-refractivity contribution < 1.29 is 4.74 Å². The second-order valence-corrected chi connectivity index (χ2v) is 8.15. The molecule has 0 atom stereocenters. The summed E-state index contributed by atoms with van der Waals surface area (Å²) in [5.74, 6) is 1.67. The number of benzene rings is 6. The van der Waals surface area contributed by atoms with Crippen molar-refractivity contribution >= 4 is 21.5 Å². The Morgan fingerprint density at radius 3 is 1.36 bits per heavy atom. The molecular formula is C32H22O. The minimum atomic E-state index is 0.833. The van der Waals surface area contributed by atoms with Gasteiger partial charge in [0.15, 0.2) is 0 Å². The molecule has 0 bridgehead atoms. The first-order valence-corrected chi connectivity index (χ1v) is 11.2. The van der Waals surface area contributed by atoms with Crippen LogP contribution >= 0.6 is 0 Å². The van der Waals surface area contributed by atoms with E-state index in [1.165, 1.54) is 43.8 Å². The molecule has 156 valence electrons. The van der Waals surface area contributed by atoms with Crippen LogP contribution in [0.5, 0.6) is 11.5 Å². The summed E-state index contributed by atoms with van der Waals surface area (Å²) in [5, 5.41) is 4.91. The Labute approximate surface area is 193 Å². The van der Waals surface area contributed by atoms with Crippen LogP contribution in [0.15, 0.2) is 133 Å². The van der Waals surface area contributed by atoms with Crippen LogP contribution in [0.25, 0.3) is 43.8 Å². The minimum Gasteiger partial charge on any atom is -0.457 e. The van der Waals surface area contributed by atoms with Crippen molar-refractivity contribution in [3.63, 3.8) is 0 Å². The van der Waals surface area contributed by atoms with E-state index in [2.05, 4.69) is 103 Å². The Kier molecular flexibility index (Phi) is 4.86. The van der Waals surface area contributed by atoms with Gasteiger partial charge in [0.25, 0.3) is 0 Å². The molecule has 0 saturated carbocycles. The number of rotatable bonds is 4. The fourth-order valence-electron chi connectivity index (χ4n) is 4.68. The SMILES string of the molecule is c1ccc(Oc2ccc3c(-c4ccccc4)c4ccccc4c(-c4ccccc4)c3c2)cc1. The monoisotopic (exact) mass is 422 g/mol. The Morgan fingerprint density at radius 2 is 0.788 bits per heavy atom. The maximum absolute atomic E-state index is 6.23. The van der Waals surface area contributed by atoms with Gasteiger partial charge in [-0.2, -0.15) is 0 Å². The van der Waals surface area contributed by atoms with Crippen molar-refractivity contribution in [3.8, 4) is 33.8 Å². The van der Waals surface area contributed by atoms with Crippen LogP contribution in [0.2, 0.25) is 0 Å². The summed E-state index contributed by atoms with van der Waals surface area (Å²) in [7, 11) is 0. The second kappa shape index (κ2) is 8.29. The van der Waals surface area contributed by atoms with Crippen LogP contribution < -0.4 is 4.74 Å². The maximum atomic E-state index is 6.23. The molecule has 0 saturated heterocycles. The Balaban J connectivity index is 1.71. The normalized spacial score (nSPS) is 11.0. The Bertz CT molecular complexity index is 1550. The topological polar surface area (TPSA) is 9.23 Å². The van der Waals surface area contributed by atoms with Crippen LogP contribution in [0, 0.1) is 0 Å². The van der Waals surface area contributed by atoms with Gasteiger partial charge in [0, 0.05) is 0 Å². The van der Waals surface area contributed by atoms with Gasteiger partial charge in [0.2, 0.25) is 0 Å². The fourth-order valence-corrected chi connectivity index (χ4v) is 4.68. The molecule has 0 spiro atoms. The summed E-state index contributed by atoms with van der Waals surface area (Å²) < 4.78 is 6.23. The van der Waals surface area contributed by atoms with E-state index in [1.807, 2.05) is 30.3 Å². The van der Waals surface area contributed by atoms with Crippen molar-refractivity contribution in [2.75, 3.05) is 0 Å². The van der Waals surface area contributed by atoms with Crippen molar-refractivity contribution in [1.82, 2.24) is 0 Å². The van der Waals surface area contributed by atoms with Gasteiger partial charge >= 0.3 is 0 Å². The molecule has 0 aliphatic carbocycles.